The minimum Gasteiger partial charge on any atom is -0.331 e. The van der Waals surface area contributed by atoms with Gasteiger partial charge in [-0.3, -0.25) is 4.79 Å². The van der Waals surface area contributed by atoms with Crippen molar-refractivity contribution in [2.45, 2.75) is 27.2 Å². The van der Waals surface area contributed by atoms with E-state index in [4.69, 9.17) is 0 Å². The van der Waals surface area contributed by atoms with Crippen molar-refractivity contribution in [3.05, 3.63) is 59.0 Å². The number of nitrogens with one attached hydrogen (secondary N) is 2. The molecule has 4 nitrogen and oxygen atoms in total. The first-order valence-corrected chi connectivity index (χ1v) is 9.13. The smallest absolute Gasteiger partial charge is 0.224 e. The largest absolute Gasteiger partial charge is 0.331 e. The summed E-state index contributed by atoms with van der Waals surface area (Å²) in [6.45, 7) is 6.00. The zero-order chi connectivity index (χ0) is 17.8. The average molecular weight is 351 g/mol. The molecule has 2 N–H and O–H groups in total. The highest BCUT2D eigenvalue weighted by Gasteiger charge is 2.07. The van der Waals surface area contributed by atoms with E-state index in [1.165, 1.54) is 11.1 Å². The highest BCUT2D eigenvalue weighted by molar-refractivity contribution is 7.14. The number of aromatic nitrogens is 1. The third-order valence-corrected chi connectivity index (χ3v) is 4.68. The molecule has 2 aromatic carbocycles. The van der Waals surface area contributed by atoms with Gasteiger partial charge in [-0.25, -0.2) is 4.98 Å². The second kappa shape index (κ2) is 7.49. The molecule has 5 heteroatoms. The third-order valence-electron chi connectivity index (χ3n) is 3.92. The summed E-state index contributed by atoms with van der Waals surface area (Å²) < 4.78 is 0. The number of aryl methyl sites for hydroxylation is 2. The van der Waals surface area contributed by atoms with E-state index in [0.29, 0.717) is 6.42 Å². The van der Waals surface area contributed by atoms with Gasteiger partial charge in [-0.05, 0) is 43.2 Å². The maximum Gasteiger partial charge on any atom is 0.224 e. The number of anilines is 3. The molecule has 1 aromatic heterocycles. The van der Waals surface area contributed by atoms with Crippen LogP contribution < -0.4 is 10.6 Å². The quantitative estimate of drug-likeness (QED) is 0.636. The van der Waals surface area contributed by atoms with Crippen LogP contribution in [0, 0.1) is 13.8 Å². The number of hydrogen-bond donors (Lipinski definition) is 2. The number of thiazole rings is 1. The van der Waals surface area contributed by atoms with Crippen LogP contribution >= 0.6 is 11.3 Å². The Morgan fingerprint density at radius 1 is 1.12 bits per heavy atom. The first-order chi connectivity index (χ1) is 12.0. The molecular weight excluding hydrogens is 330 g/mol. The number of benzene rings is 2. The molecule has 1 heterocycles. The summed E-state index contributed by atoms with van der Waals surface area (Å²) in [6.07, 6.45) is 0.473. The fourth-order valence-corrected chi connectivity index (χ4v) is 3.16. The Bertz CT molecular complexity index is 884. The minimum absolute atomic E-state index is 0.0152. The van der Waals surface area contributed by atoms with E-state index >= 15 is 0 Å². The van der Waals surface area contributed by atoms with Crippen molar-refractivity contribution < 1.29 is 4.79 Å². The molecular formula is C20H21N3OS. The maximum absolute atomic E-state index is 11.4. The minimum atomic E-state index is 0.0152. The molecule has 0 aliphatic rings. The normalized spacial score (nSPS) is 10.5. The topological polar surface area (TPSA) is 54.0 Å². The molecule has 0 unspecified atom stereocenters. The van der Waals surface area contributed by atoms with E-state index in [2.05, 4.69) is 47.7 Å². The summed E-state index contributed by atoms with van der Waals surface area (Å²) in [5, 5.41) is 9.15. The van der Waals surface area contributed by atoms with E-state index in [1.54, 1.807) is 11.3 Å². The van der Waals surface area contributed by atoms with Gasteiger partial charge in [0, 0.05) is 28.7 Å². The molecule has 0 aliphatic heterocycles. The highest BCUT2D eigenvalue weighted by atomic mass is 32.1. The van der Waals surface area contributed by atoms with Gasteiger partial charge in [-0.1, -0.05) is 31.2 Å². The van der Waals surface area contributed by atoms with Crippen LogP contribution in [-0.2, 0) is 4.79 Å². The average Bonchev–Trinajstić information content (AvgIpc) is 3.07. The number of hydrogen-bond acceptors (Lipinski definition) is 4. The van der Waals surface area contributed by atoms with Gasteiger partial charge < -0.3 is 10.6 Å². The zero-order valence-corrected chi connectivity index (χ0v) is 15.4. The van der Waals surface area contributed by atoms with Crippen molar-refractivity contribution in [1.82, 2.24) is 4.98 Å². The fourth-order valence-electron chi connectivity index (χ4n) is 2.42. The predicted octanol–water partition coefficient (Wildman–Crippen LogP) is 5.52. The van der Waals surface area contributed by atoms with Crippen LogP contribution in [0.25, 0.3) is 11.3 Å². The van der Waals surface area contributed by atoms with Crippen molar-refractivity contribution in [2.24, 2.45) is 0 Å². The van der Waals surface area contributed by atoms with Gasteiger partial charge >= 0.3 is 0 Å². The van der Waals surface area contributed by atoms with Gasteiger partial charge in [-0.15, -0.1) is 11.3 Å². The third kappa shape index (κ3) is 4.25. The summed E-state index contributed by atoms with van der Waals surface area (Å²) in [5.41, 5.74) is 6.25. The molecule has 0 bridgehead atoms. The van der Waals surface area contributed by atoms with E-state index in [9.17, 15) is 4.79 Å². The number of carbonyl (C=O) groups excluding carboxylic acids is 1. The number of nitrogens with zero attached hydrogens (tertiary/aromatic N) is 1. The van der Waals surface area contributed by atoms with Crippen molar-refractivity contribution in [1.29, 1.82) is 0 Å². The van der Waals surface area contributed by atoms with Gasteiger partial charge in [0.15, 0.2) is 5.13 Å². The SMILES string of the molecule is CCC(=O)Nc1ccc(-c2csc(Nc3cc(C)ccc3C)n2)cc1. The molecule has 0 fully saturated rings. The summed E-state index contributed by atoms with van der Waals surface area (Å²) >= 11 is 1.58. The Morgan fingerprint density at radius 3 is 2.60 bits per heavy atom. The van der Waals surface area contributed by atoms with Crippen LogP contribution in [0.5, 0.6) is 0 Å². The van der Waals surface area contributed by atoms with Crippen LogP contribution in [0.3, 0.4) is 0 Å². The lowest BCUT2D eigenvalue weighted by atomic mass is 10.1. The molecule has 0 radical (unpaired) electrons. The standard InChI is InChI=1S/C20H21N3OS/c1-4-19(24)21-16-9-7-15(8-10-16)18-12-25-20(23-18)22-17-11-13(2)5-6-14(17)3/h5-12H,4H2,1-3H3,(H,21,24)(H,22,23). The van der Waals surface area contributed by atoms with Crippen LogP contribution in [0.1, 0.15) is 24.5 Å². The van der Waals surface area contributed by atoms with Gasteiger partial charge in [-0.2, -0.15) is 0 Å². The second-order valence-corrected chi connectivity index (χ2v) is 6.82. The first kappa shape index (κ1) is 17.2. The molecule has 0 atom stereocenters. The van der Waals surface area contributed by atoms with Crippen molar-refractivity contribution >= 4 is 33.8 Å². The lowest BCUT2D eigenvalue weighted by Crippen LogP contribution is -2.08. The number of amides is 1. The van der Waals surface area contributed by atoms with E-state index in [-0.39, 0.29) is 5.91 Å². The van der Waals surface area contributed by atoms with Gasteiger partial charge in [0.25, 0.3) is 0 Å². The van der Waals surface area contributed by atoms with Crippen LogP contribution in [0.4, 0.5) is 16.5 Å². The molecule has 3 aromatic rings. The molecule has 128 valence electrons. The van der Waals surface area contributed by atoms with E-state index < -0.39 is 0 Å². The molecule has 25 heavy (non-hydrogen) atoms. The van der Waals surface area contributed by atoms with Crippen molar-refractivity contribution in [2.75, 3.05) is 10.6 Å². The molecule has 0 saturated heterocycles. The zero-order valence-electron chi connectivity index (χ0n) is 14.6. The Morgan fingerprint density at radius 2 is 1.88 bits per heavy atom. The van der Waals surface area contributed by atoms with Gasteiger partial charge in [0.2, 0.25) is 5.91 Å². The molecule has 0 spiro atoms. The summed E-state index contributed by atoms with van der Waals surface area (Å²) in [4.78, 5) is 16.1. The Balaban J connectivity index is 1.75. The monoisotopic (exact) mass is 351 g/mol. The maximum atomic E-state index is 11.4. The first-order valence-electron chi connectivity index (χ1n) is 8.25. The van der Waals surface area contributed by atoms with Gasteiger partial charge in [0.05, 0.1) is 5.69 Å². The second-order valence-electron chi connectivity index (χ2n) is 5.96. The molecule has 0 saturated carbocycles. The summed E-state index contributed by atoms with van der Waals surface area (Å²) in [7, 11) is 0. The Hall–Kier alpha value is -2.66. The Labute approximate surface area is 151 Å². The van der Waals surface area contributed by atoms with E-state index in [1.807, 2.05) is 36.6 Å². The lowest BCUT2D eigenvalue weighted by Gasteiger charge is -2.07. The van der Waals surface area contributed by atoms with Crippen molar-refractivity contribution in [3.8, 4) is 11.3 Å². The molecule has 0 aliphatic carbocycles. The summed E-state index contributed by atoms with van der Waals surface area (Å²) in [5.74, 6) is 0.0152. The van der Waals surface area contributed by atoms with Gasteiger partial charge in [0.1, 0.15) is 0 Å². The van der Waals surface area contributed by atoms with E-state index in [0.717, 1.165) is 27.8 Å². The Kier molecular flexibility index (Phi) is 5.14. The van der Waals surface area contributed by atoms with Crippen LogP contribution in [0.15, 0.2) is 47.8 Å². The lowest BCUT2D eigenvalue weighted by molar-refractivity contribution is -0.115. The molecule has 1 amide bonds. The molecule has 3 rings (SSSR count). The predicted molar refractivity (Wildman–Crippen MR) is 106 cm³/mol. The van der Waals surface area contributed by atoms with Crippen LogP contribution in [0.2, 0.25) is 0 Å². The summed E-state index contributed by atoms with van der Waals surface area (Å²) in [6, 6.07) is 14.1. The van der Waals surface area contributed by atoms with Crippen molar-refractivity contribution in [3.63, 3.8) is 0 Å². The highest BCUT2D eigenvalue weighted by Crippen LogP contribution is 2.29. The number of carbonyl (C=O) groups is 1. The van der Waals surface area contributed by atoms with Crippen LogP contribution in [-0.4, -0.2) is 10.9 Å². The number of rotatable bonds is 5. The fraction of sp³-hybridized carbons (Fsp3) is 0.200.